The van der Waals surface area contributed by atoms with Crippen molar-refractivity contribution in [1.82, 2.24) is 9.88 Å². The molecule has 3 aromatic rings. The van der Waals surface area contributed by atoms with E-state index in [1.165, 1.54) is 22.8 Å². The lowest BCUT2D eigenvalue weighted by atomic mass is 10.1. The Morgan fingerprint density at radius 3 is 2.66 bits per heavy atom. The average Bonchev–Trinajstić information content (AvgIpc) is 2.96. The van der Waals surface area contributed by atoms with Crippen LogP contribution in [0.5, 0.6) is 5.75 Å². The van der Waals surface area contributed by atoms with E-state index in [2.05, 4.69) is 5.32 Å². The van der Waals surface area contributed by atoms with Crippen LogP contribution >= 0.6 is 11.6 Å². The van der Waals surface area contributed by atoms with Gasteiger partial charge in [-0.3, -0.25) is 14.2 Å². The molecule has 0 saturated heterocycles. The van der Waals surface area contributed by atoms with Crippen molar-refractivity contribution in [1.29, 1.82) is 0 Å². The smallest absolute Gasteiger partial charge is 0.262 e. The Hall–Kier alpha value is -2.86. The first-order chi connectivity index (χ1) is 13.7. The molecule has 0 aliphatic heterocycles. The number of hydrogen-bond acceptors (Lipinski definition) is 3. The highest BCUT2D eigenvalue weighted by Crippen LogP contribution is 2.33. The third kappa shape index (κ3) is 3.98. The number of halogens is 2. The Bertz CT molecular complexity index is 1110. The molecule has 0 unspecified atom stereocenters. The number of carbonyl (C=O) groups is 2. The van der Waals surface area contributed by atoms with Gasteiger partial charge in [0.1, 0.15) is 0 Å². The summed E-state index contributed by atoms with van der Waals surface area (Å²) in [5.74, 6) is -2.06. The monoisotopic (exact) mass is 416 g/mol. The SMILES string of the molecule is CC[C@H](C)NC(=O)Cc1c(C)n(C(=O)c2cccc(Cl)c2)c2ccc(O)c(F)c12. The Morgan fingerprint density at radius 1 is 1.28 bits per heavy atom. The molecule has 1 heterocycles. The number of fused-ring (bicyclic) bond motifs is 1. The van der Waals surface area contributed by atoms with E-state index in [0.717, 1.165) is 6.42 Å². The second-order valence-electron chi connectivity index (χ2n) is 7.06. The number of benzene rings is 2. The summed E-state index contributed by atoms with van der Waals surface area (Å²) < 4.78 is 16.2. The van der Waals surface area contributed by atoms with Gasteiger partial charge in [-0.25, -0.2) is 4.39 Å². The largest absolute Gasteiger partial charge is 0.505 e. The summed E-state index contributed by atoms with van der Waals surface area (Å²) in [4.78, 5) is 25.6. The molecule has 0 aliphatic rings. The van der Waals surface area contributed by atoms with Crippen LogP contribution < -0.4 is 5.32 Å². The van der Waals surface area contributed by atoms with Crippen molar-refractivity contribution in [2.75, 3.05) is 0 Å². The van der Waals surface area contributed by atoms with Crippen molar-refractivity contribution >= 4 is 34.3 Å². The molecule has 1 amide bonds. The summed E-state index contributed by atoms with van der Waals surface area (Å²) in [6, 6.07) is 9.10. The molecule has 29 heavy (non-hydrogen) atoms. The lowest BCUT2D eigenvalue weighted by Gasteiger charge is -2.12. The minimum absolute atomic E-state index is 0.0255. The predicted octanol–water partition coefficient (Wildman–Crippen LogP) is 4.59. The van der Waals surface area contributed by atoms with Crippen LogP contribution in [0, 0.1) is 12.7 Å². The third-order valence-corrected chi connectivity index (χ3v) is 5.28. The van der Waals surface area contributed by atoms with E-state index in [0.29, 0.717) is 21.8 Å². The zero-order valence-electron chi connectivity index (χ0n) is 16.4. The first-order valence-electron chi connectivity index (χ1n) is 9.35. The van der Waals surface area contributed by atoms with Gasteiger partial charge in [-0.05, 0) is 56.2 Å². The molecule has 152 valence electrons. The summed E-state index contributed by atoms with van der Waals surface area (Å²) in [5, 5.41) is 13.2. The molecular formula is C22H22ClFN2O3. The summed E-state index contributed by atoms with van der Waals surface area (Å²) in [5.41, 5.74) is 1.43. The first-order valence-corrected chi connectivity index (χ1v) is 9.73. The van der Waals surface area contributed by atoms with Gasteiger partial charge in [0.05, 0.1) is 11.9 Å². The fourth-order valence-corrected chi connectivity index (χ4v) is 3.53. The maximum Gasteiger partial charge on any atom is 0.262 e. The standard InChI is InChI=1S/C22H22ClFN2O3/c1-4-12(2)25-19(28)11-16-13(3)26(17-8-9-18(27)21(24)20(16)17)22(29)14-6-5-7-15(23)10-14/h5-10,12,27H,4,11H2,1-3H3,(H,25,28)/t12-/m0/s1. The molecule has 0 radical (unpaired) electrons. The van der Waals surface area contributed by atoms with Gasteiger partial charge in [-0.1, -0.05) is 24.6 Å². The lowest BCUT2D eigenvalue weighted by molar-refractivity contribution is -0.121. The van der Waals surface area contributed by atoms with Crippen molar-refractivity contribution in [2.45, 2.75) is 39.7 Å². The molecule has 1 atom stereocenters. The molecule has 0 aliphatic carbocycles. The van der Waals surface area contributed by atoms with Crippen LogP contribution in [0.4, 0.5) is 4.39 Å². The molecular weight excluding hydrogens is 395 g/mol. The number of phenols is 1. The van der Waals surface area contributed by atoms with E-state index in [1.54, 1.807) is 25.1 Å². The Balaban J connectivity index is 2.17. The number of hydrogen-bond donors (Lipinski definition) is 2. The Labute approximate surface area is 173 Å². The van der Waals surface area contributed by atoms with Gasteiger partial charge in [0.2, 0.25) is 5.91 Å². The number of amides is 1. The number of carbonyl (C=O) groups excluding carboxylic acids is 2. The second-order valence-corrected chi connectivity index (χ2v) is 7.50. The van der Waals surface area contributed by atoms with Crippen LogP contribution in [0.3, 0.4) is 0 Å². The maximum absolute atomic E-state index is 14.8. The van der Waals surface area contributed by atoms with Gasteiger partial charge in [0.15, 0.2) is 11.6 Å². The molecule has 0 spiro atoms. The van der Waals surface area contributed by atoms with Crippen LogP contribution in [-0.2, 0) is 11.2 Å². The predicted molar refractivity (Wildman–Crippen MR) is 111 cm³/mol. The number of aromatic hydroxyl groups is 1. The minimum atomic E-state index is -0.852. The van der Waals surface area contributed by atoms with Gasteiger partial charge in [-0.2, -0.15) is 0 Å². The highest BCUT2D eigenvalue weighted by molar-refractivity contribution is 6.31. The van der Waals surface area contributed by atoms with Crippen molar-refractivity contribution in [3.63, 3.8) is 0 Å². The van der Waals surface area contributed by atoms with E-state index in [9.17, 15) is 19.1 Å². The second kappa shape index (κ2) is 8.25. The van der Waals surface area contributed by atoms with Crippen LogP contribution in [0.1, 0.15) is 41.9 Å². The lowest BCUT2D eigenvalue weighted by Crippen LogP contribution is -2.33. The fraction of sp³-hybridized carbons (Fsp3) is 0.273. The summed E-state index contributed by atoms with van der Waals surface area (Å²) in [6.07, 6.45) is 0.651. The van der Waals surface area contributed by atoms with Crippen molar-refractivity contribution < 1.29 is 19.1 Å². The molecule has 7 heteroatoms. The van der Waals surface area contributed by atoms with E-state index in [1.807, 2.05) is 13.8 Å². The summed E-state index contributed by atoms with van der Waals surface area (Å²) in [7, 11) is 0. The normalized spacial score (nSPS) is 12.2. The zero-order valence-corrected chi connectivity index (χ0v) is 17.2. The summed E-state index contributed by atoms with van der Waals surface area (Å²) in [6.45, 7) is 5.48. The summed E-state index contributed by atoms with van der Waals surface area (Å²) >= 11 is 6.01. The molecule has 1 aromatic heterocycles. The van der Waals surface area contributed by atoms with Gasteiger partial charge < -0.3 is 10.4 Å². The zero-order chi connectivity index (χ0) is 21.3. The topological polar surface area (TPSA) is 71.3 Å². The first kappa shape index (κ1) is 20.9. The minimum Gasteiger partial charge on any atom is -0.505 e. The van der Waals surface area contributed by atoms with Gasteiger partial charge >= 0.3 is 0 Å². The highest BCUT2D eigenvalue weighted by Gasteiger charge is 2.25. The van der Waals surface area contributed by atoms with Crippen molar-refractivity contribution in [3.8, 4) is 5.75 Å². The number of phenolic OH excluding ortho intramolecular Hbond substituents is 1. The Kier molecular flexibility index (Phi) is 5.94. The van der Waals surface area contributed by atoms with E-state index in [4.69, 9.17) is 11.6 Å². The molecule has 0 fully saturated rings. The van der Waals surface area contributed by atoms with E-state index in [-0.39, 0.29) is 29.3 Å². The maximum atomic E-state index is 14.8. The van der Waals surface area contributed by atoms with Crippen LogP contribution in [-0.4, -0.2) is 27.5 Å². The van der Waals surface area contributed by atoms with Gasteiger partial charge in [0.25, 0.3) is 5.91 Å². The molecule has 3 rings (SSSR count). The molecule has 0 bridgehead atoms. The van der Waals surface area contributed by atoms with Crippen LogP contribution in [0.15, 0.2) is 36.4 Å². The van der Waals surface area contributed by atoms with Gasteiger partial charge in [0, 0.05) is 27.7 Å². The molecule has 2 N–H and O–H groups in total. The third-order valence-electron chi connectivity index (χ3n) is 5.05. The van der Waals surface area contributed by atoms with E-state index >= 15 is 0 Å². The van der Waals surface area contributed by atoms with Crippen LogP contribution in [0.2, 0.25) is 5.02 Å². The van der Waals surface area contributed by atoms with Crippen molar-refractivity contribution in [3.05, 3.63) is 64.1 Å². The van der Waals surface area contributed by atoms with E-state index < -0.39 is 17.5 Å². The Morgan fingerprint density at radius 2 is 2.00 bits per heavy atom. The fourth-order valence-electron chi connectivity index (χ4n) is 3.34. The molecule has 0 saturated carbocycles. The van der Waals surface area contributed by atoms with Crippen LogP contribution in [0.25, 0.3) is 10.9 Å². The highest BCUT2D eigenvalue weighted by atomic mass is 35.5. The number of aromatic nitrogens is 1. The number of nitrogens with one attached hydrogen (secondary N) is 1. The molecule has 2 aromatic carbocycles. The average molecular weight is 417 g/mol. The molecule has 5 nitrogen and oxygen atoms in total. The van der Waals surface area contributed by atoms with Crippen molar-refractivity contribution in [2.24, 2.45) is 0 Å². The van der Waals surface area contributed by atoms with Gasteiger partial charge in [-0.15, -0.1) is 0 Å². The number of nitrogens with zero attached hydrogens (tertiary/aromatic N) is 1. The number of rotatable bonds is 5. The quantitative estimate of drug-likeness (QED) is 0.638.